The second-order valence-electron chi connectivity index (χ2n) is 6.14. The molecule has 0 aliphatic carbocycles. The van der Waals surface area contributed by atoms with Crippen LogP contribution < -0.4 is 10.6 Å². The van der Waals surface area contributed by atoms with Gasteiger partial charge in [0.05, 0.1) is 25.3 Å². The van der Waals surface area contributed by atoms with Crippen LogP contribution in [0.5, 0.6) is 0 Å². The zero-order valence-electron chi connectivity index (χ0n) is 13.6. The summed E-state index contributed by atoms with van der Waals surface area (Å²) in [6, 6.07) is 8.10. The van der Waals surface area contributed by atoms with Crippen molar-refractivity contribution < 1.29 is 9.53 Å². The van der Waals surface area contributed by atoms with Gasteiger partial charge >= 0.3 is 6.03 Å². The highest BCUT2D eigenvalue weighted by Gasteiger charge is 2.34. The molecule has 2 heterocycles. The summed E-state index contributed by atoms with van der Waals surface area (Å²) in [5.41, 5.74) is 0.822. The Balaban J connectivity index is 1.55. The maximum Gasteiger partial charge on any atom is 0.319 e. The first-order valence-electron chi connectivity index (χ1n) is 8.29. The van der Waals surface area contributed by atoms with Crippen molar-refractivity contribution in [3.63, 3.8) is 0 Å². The van der Waals surface area contributed by atoms with Crippen LogP contribution in [0.1, 0.15) is 19.3 Å². The number of carbonyl (C=O) groups is 1. The second-order valence-corrected chi connectivity index (χ2v) is 7.02. The molecule has 126 valence electrons. The normalized spacial score (nSPS) is 25.3. The highest BCUT2D eigenvalue weighted by Crippen LogP contribution is 2.20. The van der Waals surface area contributed by atoms with E-state index in [1.54, 1.807) is 11.8 Å². The van der Waals surface area contributed by atoms with Crippen molar-refractivity contribution in [2.24, 2.45) is 0 Å². The van der Waals surface area contributed by atoms with E-state index < -0.39 is 0 Å². The lowest BCUT2D eigenvalue weighted by Crippen LogP contribution is -2.53. The van der Waals surface area contributed by atoms with Gasteiger partial charge in [0.2, 0.25) is 0 Å². The Labute approximate surface area is 142 Å². The van der Waals surface area contributed by atoms with Gasteiger partial charge in [0.15, 0.2) is 0 Å². The van der Waals surface area contributed by atoms with Gasteiger partial charge in [-0.15, -0.1) is 11.8 Å². The molecule has 0 saturated carbocycles. The summed E-state index contributed by atoms with van der Waals surface area (Å²) in [7, 11) is 0. The Bertz CT molecular complexity index is 534. The van der Waals surface area contributed by atoms with Gasteiger partial charge in [-0.1, -0.05) is 12.5 Å². The lowest BCUT2D eigenvalue weighted by atomic mass is 10.1. The molecule has 2 atom stereocenters. The van der Waals surface area contributed by atoms with Crippen molar-refractivity contribution in [1.82, 2.24) is 10.2 Å². The number of anilines is 1. The van der Waals surface area contributed by atoms with Gasteiger partial charge in [-0.3, -0.25) is 4.90 Å². The lowest BCUT2D eigenvalue weighted by molar-refractivity contribution is 0.125. The van der Waals surface area contributed by atoms with Crippen LogP contribution in [-0.2, 0) is 4.74 Å². The molecule has 2 N–H and O–H groups in total. The van der Waals surface area contributed by atoms with Crippen LogP contribution in [0.2, 0.25) is 0 Å². The average Bonchev–Trinajstić information content (AvgIpc) is 3.03. The monoisotopic (exact) mass is 335 g/mol. The fourth-order valence-corrected chi connectivity index (χ4v) is 3.79. The molecule has 5 nitrogen and oxygen atoms in total. The molecule has 0 unspecified atom stereocenters. The predicted molar refractivity (Wildman–Crippen MR) is 94.2 cm³/mol. The summed E-state index contributed by atoms with van der Waals surface area (Å²) < 4.78 is 5.62. The summed E-state index contributed by atoms with van der Waals surface area (Å²) in [6.07, 6.45) is 5.83. The number of piperidine rings is 1. The molecule has 0 spiro atoms. The fraction of sp³-hybridized carbons (Fsp3) is 0.588. The molecule has 0 radical (unpaired) electrons. The topological polar surface area (TPSA) is 53.6 Å². The van der Waals surface area contributed by atoms with E-state index in [0.717, 1.165) is 23.7 Å². The molecule has 2 fully saturated rings. The second kappa shape index (κ2) is 8.04. The Hall–Kier alpha value is -1.24. The van der Waals surface area contributed by atoms with Crippen LogP contribution in [0.3, 0.4) is 0 Å². The quantitative estimate of drug-likeness (QED) is 0.831. The van der Waals surface area contributed by atoms with Crippen molar-refractivity contribution in [2.45, 2.75) is 36.2 Å². The van der Waals surface area contributed by atoms with E-state index >= 15 is 0 Å². The minimum absolute atomic E-state index is 0.0665. The Morgan fingerprint density at radius 1 is 1.26 bits per heavy atom. The van der Waals surface area contributed by atoms with Gasteiger partial charge in [-0.25, -0.2) is 4.79 Å². The van der Waals surface area contributed by atoms with Gasteiger partial charge in [-0.2, -0.15) is 0 Å². The molecule has 2 aliphatic heterocycles. The van der Waals surface area contributed by atoms with E-state index in [0.29, 0.717) is 19.3 Å². The van der Waals surface area contributed by atoms with Gasteiger partial charge in [0.1, 0.15) is 0 Å². The summed E-state index contributed by atoms with van der Waals surface area (Å²) in [6.45, 7) is 3.54. The Morgan fingerprint density at radius 3 is 2.87 bits per heavy atom. The number of carbonyl (C=O) groups excluding carboxylic acids is 1. The summed E-state index contributed by atoms with van der Waals surface area (Å²) in [5.74, 6) is 0. The Kier molecular flexibility index (Phi) is 5.80. The first kappa shape index (κ1) is 16.6. The number of thioether (sulfide) groups is 1. The summed E-state index contributed by atoms with van der Waals surface area (Å²) >= 11 is 1.66. The number of hydrogen-bond donors (Lipinski definition) is 2. The van der Waals surface area contributed by atoms with E-state index in [1.807, 2.05) is 30.5 Å². The van der Waals surface area contributed by atoms with E-state index in [9.17, 15) is 4.79 Å². The zero-order chi connectivity index (χ0) is 16.1. The third-order valence-corrected chi connectivity index (χ3v) is 5.28. The number of rotatable bonds is 4. The SMILES string of the molecule is CSc1cccc(NC(=O)N[C@H]2COC[C@@H]2N2CCCCC2)c1. The molecule has 1 aromatic carbocycles. The number of hydrogen-bond acceptors (Lipinski definition) is 4. The van der Waals surface area contributed by atoms with Crippen molar-refractivity contribution in [2.75, 3.05) is 37.9 Å². The molecule has 2 saturated heterocycles. The predicted octanol–water partition coefficient (Wildman–Crippen LogP) is 2.78. The average molecular weight is 335 g/mol. The molecule has 2 aliphatic rings. The van der Waals surface area contributed by atoms with Crippen LogP contribution in [0.15, 0.2) is 29.2 Å². The number of likely N-dealkylation sites (tertiary alicyclic amines) is 1. The first-order chi connectivity index (χ1) is 11.3. The van der Waals surface area contributed by atoms with E-state index in [4.69, 9.17) is 4.74 Å². The molecule has 6 heteroatoms. The number of nitrogens with zero attached hydrogens (tertiary/aromatic N) is 1. The molecular weight excluding hydrogens is 310 g/mol. The summed E-state index contributed by atoms with van der Waals surface area (Å²) in [4.78, 5) is 15.9. The molecule has 1 aromatic rings. The molecule has 2 amide bonds. The number of ether oxygens (including phenoxy) is 1. The van der Waals surface area contributed by atoms with E-state index in [1.165, 1.54) is 19.3 Å². The zero-order valence-corrected chi connectivity index (χ0v) is 14.4. The van der Waals surface area contributed by atoms with Crippen LogP contribution >= 0.6 is 11.8 Å². The van der Waals surface area contributed by atoms with E-state index in [-0.39, 0.29) is 12.1 Å². The maximum atomic E-state index is 12.3. The van der Waals surface area contributed by atoms with Crippen LogP contribution in [-0.4, -0.2) is 55.6 Å². The largest absolute Gasteiger partial charge is 0.378 e. The number of benzene rings is 1. The summed E-state index contributed by atoms with van der Waals surface area (Å²) in [5, 5.41) is 6.02. The van der Waals surface area contributed by atoms with E-state index in [2.05, 4.69) is 15.5 Å². The van der Waals surface area contributed by atoms with Gasteiger partial charge in [0.25, 0.3) is 0 Å². The van der Waals surface area contributed by atoms with Crippen LogP contribution in [0.25, 0.3) is 0 Å². The van der Waals surface area contributed by atoms with Crippen molar-refractivity contribution in [3.8, 4) is 0 Å². The number of nitrogens with one attached hydrogen (secondary N) is 2. The van der Waals surface area contributed by atoms with Crippen molar-refractivity contribution >= 4 is 23.5 Å². The van der Waals surface area contributed by atoms with Crippen LogP contribution in [0.4, 0.5) is 10.5 Å². The van der Waals surface area contributed by atoms with Crippen molar-refractivity contribution in [3.05, 3.63) is 24.3 Å². The fourth-order valence-electron chi connectivity index (χ4n) is 3.33. The molecular formula is C17H25N3O2S. The highest BCUT2D eigenvalue weighted by atomic mass is 32.2. The van der Waals surface area contributed by atoms with Gasteiger partial charge in [0, 0.05) is 10.6 Å². The Morgan fingerprint density at radius 2 is 2.09 bits per heavy atom. The minimum Gasteiger partial charge on any atom is -0.378 e. The van der Waals surface area contributed by atoms with Crippen molar-refractivity contribution in [1.29, 1.82) is 0 Å². The molecule has 3 rings (SSSR count). The van der Waals surface area contributed by atoms with Crippen LogP contribution in [0, 0.1) is 0 Å². The van der Waals surface area contributed by atoms with Gasteiger partial charge < -0.3 is 15.4 Å². The highest BCUT2D eigenvalue weighted by molar-refractivity contribution is 7.98. The number of urea groups is 1. The molecule has 0 bridgehead atoms. The minimum atomic E-state index is -0.152. The smallest absolute Gasteiger partial charge is 0.319 e. The number of amides is 2. The molecule has 0 aromatic heterocycles. The third-order valence-electron chi connectivity index (χ3n) is 4.55. The molecule has 23 heavy (non-hydrogen) atoms. The maximum absolute atomic E-state index is 12.3. The first-order valence-corrected chi connectivity index (χ1v) is 9.52. The third kappa shape index (κ3) is 4.40. The standard InChI is InChI=1S/C17H25N3O2S/c1-23-14-7-5-6-13(10-14)18-17(21)19-15-11-22-12-16(15)20-8-3-2-4-9-20/h5-7,10,15-16H,2-4,8-9,11-12H2,1H3,(H2,18,19,21)/t15-,16-/m0/s1. The lowest BCUT2D eigenvalue weighted by Gasteiger charge is -2.34. The van der Waals surface area contributed by atoms with Gasteiger partial charge in [-0.05, 0) is 50.4 Å².